The Kier molecular flexibility index (Phi) is 6.67. The molecule has 0 spiro atoms. The molecule has 3 aromatic rings. The van der Waals surface area contributed by atoms with E-state index in [9.17, 15) is 17.6 Å². The number of hydrogen-bond donors (Lipinski definition) is 0. The highest BCUT2D eigenvalue weighted by molar-refractivity contribution is 7.89. The summed E-state index contributed by atoms with van der Waals surface area (Å²) < 4.78 is 45.7. The highest BCUT2D eigenvalue weighted by Gasteiger charge is 2.33. The molecule has 0 aromatic heterocycles. The molecular weight excluding hydrogens is 429 g/mol. The van der Waals surface area contributed by atoms with E-state index in [1.54, 1.807) is 6.07 Å². The third-order valence-electron chi connectivity index (χ3n) is 5.66. The Balaban J connectivity index is 1.39. The Morgan fingerprint density at radius 1 is 0.906 bits per heavy atom. The molecular formula is C25H24FNO4S. The van der Waals surface area contributed by atoms with Crippen molar-refractivity contribution in [3.05, 3.63) is 95.8 Å². The maximum atomic E-state index is 13.1. The molecule has 1 aliphatic rings. The molecule has 0 N–H and O–H groups in total. The van der Waals surface area contributed by atoms with Gasteiger partial charge in [0, 0.05) is 19.5 Å². The van der Waals surface area contributed by atoms with E-state index in [0.29, 0.717) is 25.0 Å². The summed E-state index contributed by atoms with van der Waals surface area (Å²) >= 11 is 0. The number of sulfonamides is 1. The van der Waals surface area contributed by atoms with Gasteiger partial charge in [-0.2, -0.15) is 4.31 Å². The van der Waals surface area contributed by atoms with Crippen LogP contribution in [0.3, 0.4) is 0 Å². The molecule has 0 amide bonds. The molecule has 0 bridgehead atoms. The highest BCUT2D eigenvalue weighted by atomic mass is 32.2. The van der Waals surface area contributed by atoms with Crippen molar-refractivity contribution in [1.82, 2.24) is 4.31 Å². The van der Waals surface area contributed by atoms with Crippen molar-refractivity contribution in [1.29, 1.82) is 0 Å². The Morgan fingerprint density at radius 2 is 1.53 bits per heavy atom. The maximum Gasteiger partial charge on any atom is 0.314 e. The van der Waals surface area contributed by atoms with E-state index in [2.05, 4.69) is 0 Å². The van der Waals surface area contributed by atoms with Crippen molar-refractivity contribution in [2.45, 2.75) is 24.2 Å². The molecule has 166 valence electrons. The van der Waals surface area contributed by atoms with Crippen LogP contribution in [0.2, 0.25) is 0 Å². The molecule has 5 nitrogen and oxygen atoms in total. The zero-order valence-electron chi connectivity index (χ0n) is 17.5. The summed E-state index contributed by atoms with van der Waals surface area (Å²) in [5.74, 6) is -0.676. The van der Waals surface area contributed by atoms with Crippen molar-refractivity contribution < 1.29 is 22.3 Å². The van der Waals surface area contributed by atoms with Gasteiger partial charge in [-0.1, -0.05) is 48.5 Å². The van der Waals surface area contributed by atoms with Crippen molar-refractivity contribution in [2.75, 3.05) is 13.1 Å². The molecule has 1 fully saturated rings. The molecule has 32 heavy (non-hydrogen) atoms. The lowest BCUT2D eigenvalue weighted by Gasteiger charge is -2.30. The lowest BCUT2D eigenvalue weighted by atomic mass is 9.98. The number of piperidine rings is 1. The van der Waals surface area contributed by atoms with Crippen molar-refractivity contribution in [2.24, 2.45) is 5.92 Å². The monoisotopic (exact) mass is 453 g/mol. The largest absolute Gasteiger partial charge is 0.426 e. The average Bonchev–Trinajstić information content (AvgIpc) is 2.81. The van der Waals surface area contributed by atoms with Crippen LogP contribution in [0.5, 0.6) is 5.75 Å². The first kappa shape index (κ1) is 22.2. The van der Waals surface area contributed by atoms with Gasteiger partial charge in [-0.05, 0) is 54.3 Å². The van der Waals surface area contributed by atoms with Crippen LogP contribution >= 0.6 is 0 Å². The quantitative estimate of drug-likeness (QED) is 0.409. The normalized spacial score (nSPS) is 15.4. The van der Waals surface area contributed by atoms with E-state index in [1.165, 1.54) is 16.4 Å². The van der Waals surface area contributed by atoms with Gasteiger partial charge in [0.1, 0.15) is 11.6 Å². The molecule has 1 aliphatic heterocycles. The van der Waals surface area contributed by atoms with Crippen LogP contribution in [0.1, 0.15) is 24.0 Å². The molecule has 0 aliphatic carbocycles. The van der Waals surface area contributed by atoms with Crippen LogP contribution in [0, 0.1) is 11.7 Å². The first-order valence-corrected chi connectivity index (χ1v) is 12.0. The highest BCUT2D eigenvalue weighted by Crippen LogP contribution is 2.27. The summed E-state index contributed by atoms with van der Waals surface area (Å²) in [6.45, 7) is 0.427. The second-order valence-electron chi connectivity index (χ2n) is 7.82. The Bertz CT molecular complexity index is 1170. The summed E-state index contributed by atoms with van der Waals surface area (Å²) in [6.07, 6.45) is 1.40. The Labute approximate surface area is 187 Å². The average molecular weight is 454 g/mol. The predicted molar refractivity (Wildman–Crippen MR) is 119 cm³/mol. The van der Waals surface area contributed by atoms with E-state index in [-0.39, 0.29) is 29.9 Å². The fraction of sp³-hybridized carbons (Fsp3) is 0.240. The number of esters is 1. The smallest absolute Gasteiger partial charge is 0.314 e. The Hall–Kier alpha value is -3.03. The number of rotatable bonds is 6. The Morgan fingerprint density at radius 3 is 2.22 bits per heavy atom. The summed E-state index contributed by atoms with van der Waals surface area (Å²) in [5, 5.41) is 0. The first-order valence-electron chi connectivity index (χ1n) is 10.5. The third-order valence-corrected chi connectivity index (χ3v) is 7.57. The van der Waals surface area contributed by atoms with Crippen LogP contribution in [-0.4, -0.2) is 31.8 Å². The van der Waals surface area contributed by atoms with Crippen molar-refractivity contribution in [3.63, 3.8) is 0 Å². The fourth-order valence-electron chi connectivity index (χ4n) is 3.84. The number of benzene rings is 3. The predicted octanol–water partition coefficient (Wildman–Crippen LogP) is 4.42. The van der Waals surface area contributed by atoms with E-state index in [4.69, 9.17) is 4.74 Å². The molecule has 1 heterocycles. The van der Waals surface area contributed by atoms with Crippen molar-refractivity contribution >= 4 is 16.0 Å². The molecule has 0 radical (unpaired) electrons. The van der Waals surface area contributed by atoms with Crippen LogP contribution in [0.15, 0.2) is 83.8 Å². The lowest BCUT2D eigenvalue weighted by molar-refractivity contribution is -0.140. The van der Waals surface area contributed by atoms with E-state index in [0.717, 1.165) is 23.3 Å². The van der Waals surface area contributed by atoms with Crippen LogP contribution in [-0.2, 0) is 21.2 Å². The van der Waals surface area contributed by atoms with Crippen LogP contribution in [0.25, 0.3) is 0 Å². The summed E-state index contributed by atoms with van der Waals surface area (Å²) in [5.41, 5.74) is 2.04. The van der Waals surface area contributed by atoms with Gasteiger partial charge in [-0.25, -0.2) is 12.8 Å². The minimum atomic E-state index is -3.71. The van der Waals surface area contributed by atoms with Gasteiger partial charge in [0.25, 0.3) is 0 Å². The van der Waals surface area contributed by atoms with Crippen LogP contribution in [0.4, 0.5) is 4.39 Å². The van der Waals surface area contributed by atoms with Gasteiger partial charge in [-0.3, -0.25) is 4.79 Å². The number of ether oxygens (including phenoxy) is 1. The molecule has 4 rings (SSSR count). The van der Waals surface area contributed by atoms with Crippen LogP contribution < -0.4 is 4.74 Å². The molecule has 1 saturated heterocycles. The standard InChI is InChI=1S/C25H24FNO4S/c26-22-10-12-23(13-11-22)32(29,30)27-16-14-20(15-17-27)25(28)31-24-9-5-4-8-21(24)18-19-6-2-1-3-7-19/h1-13,20H,14-18H2. The molecule has 0 unspecified atom stereocenters. The van der Waals surface area contributed by atoms with Gasteiger partial charge >= 0.3 is 5.97 Å². The summed E-state index contributed by atoms with van der Waals surface area (Å²) in [4.78, 5) is 12.9. The topological polar surface area (TPSA) is 63.7 Å². The lowest BCUT2D eigenvalue weighted by Crippen LogP contribution is -2.41. The molecule has 3 aromatic carbocycles. The number of nitrogens with zero attached hydrogens (tertiary/aromatic N) is 1. The van der Waals surface area contributed by atoms with Gasteiger partial charge < -0.3 is 4.74 Å². The second-order valence-corrected chi connectivity index (χ2v) is 9.76. The number of carbonyl (C=O) groups excluding carboxylic acids is 1. The molecule has 7 heteroatoms. The second kappa shape index (κ2) is 9.63. The number of hydrogen-bond acceptors (Lipinski definition) is 4. The number of carbonyl (C=O) groups is 1. The van der Waals surface area contributed by atoms with Gasteiger partial charge in [0.15, 0.2) is 0 Å². The maximum absolute atomic E-state index is 13.1. The van der Waals surface area contributed by atoms with Crippen molar-refractivity contribution in [3.8, 4) is 5.75 Å². The minimum Gasteiger partial charge on any atom is -0.426 e. The fourth-order valence-corrected chi connectivity index (χ4v) is 5.31. The number of halogens is 1. The summed E-state index contributed by atoms with van der Waals surface area (Å²) in [7, 11) is -3.71. The van der Waals surface area contributed by atoms with E-state index >= 15 is 0 Å². The van der Waals surface area contributed by atoms with Gasteiger partial charge in [-0.15, -0.1) is 0 Å². The van der Waals surface area contributed by atoms with E-state index in [1.807, 2.05) is 48.5 Å². The first-order chi connectivity index (χ1) is 15.4. The zero-order valence-corrected chi connectivity index (χ0v) is 18.3. The van der Waals surface area contributed by atoms with Gasteiger partial charge in [0.05, 0.1) is 10.8 Å². The number of para-hydroxylation sites is 1. The molecule has 0 atom stereocenters. The third kappa shape index (κ3) is 5.06. The SMILES string of the molecule is O=C(Oc1ccccc1Cc1ccccc1)C1CCN(S(=O)(=O)c2ccc(F)cc2)CC1. The molecule has 0 saturated carbocycles. The minimum absolute atomic E-state index is 0.0507. The van der Waals surface area contributed by atoms with Gasteiger partial charge in [0.2, 0.25) is 10.0 Å². The van der Waals surface area contributed by atoms with E-state index < -0.39 is 15.8 Å². The summed E-state index contributed by atoms with van der Waals surface area (Å²) in [6, 6.07) is 22.2. The zero-order chi connectivity index (χ0) is 22.6.